The minimum atomic E-state index is -0.0497. The van der Waals surface area contributed by atoms with Gasteiger partial charge in [-0.25, -0.2) is 0 Å². The number of methoxy groups -OCH3 is 2. The minimum absolute atomic E-state index is 0. The number of nitrogens with zero attached hydrogens (tertiary/aromatic N) is 1. The number of benzene rings is 1. The van der Waals surface area contributed by atoms with Crippen molar-refractivity contribution in [3.05, 3.63) is 23.8 Å². The quantitative estimate of drug-likeness (QED) is 0.696. The summed E-state index contributed by atoms with van der Waals surface area (Å²) in [6.07, 6.45) is 4.32. The molecule has 162 valence electrons. The Balaban J connectivity index is 0.00000300. The largest absolute Gasteiger partial charge is 0.493 e. The molecule has 29 heavy (non-hydrogen) atoms. The summed E-state index contributed by atoms with van der Waals surface area (Å²) < 4.78 is 10.6. The fourth-order valence-corrected chi connectivity index (χ4v) is 4.01. The van der Waals surface area contributed by atoms with Gasteiger partial charge in [-0.05, 0) is 55.8 Å². The highest BCUT2D eigenvalue weighted by Gasteiger charge is 2.26. The third kappa shape index (κ3) is 6.24. The van der Waals surface area contributed by atoms with Crippen molar-refractivity contribution >= 4 is 24.2 Å². The molecule has 3 rings (SSSR count). The Bertz CT molecular complexity index is 695. The van der Waals surface area contributed by atoms with Gasteiger partial charge in [0.15, 0.2) is 11.5 Å². The zero-order valence-corrected chi connectivity index (χ0v) is 18.1. The van der Waals surface area contributed by atoms with Gasteiger partial charge in [-0.1, -0.05) is 6.07 Å². The highest BCUT2D eigenvalue weighted by Crippen LogP contribution is 2.28. The summed E-state index contributed by atoms with van der Waals surface area (Å²) in [5, 5.41) is 6.28. The molecular formula is C21H32ClN3O4. The van der Waals surface area contributed by atoms with E-state index in [2.05, 4.69) is 10.6 Å². The van der Waals surface area contributed by atoms with Crippen molar-refractivity contribution in [2.75, 3.05) is 40.4 Å². The second kappa shape index (κ2) is 11.3. The molecule has 2 amide bonds. The molecule has 2 fully saturated rings. The smallest absolute Gasteiger partial charge is 0.237 e. The van der Waals surface area contributed by atoms with Crippen molar-refractivity contribution < 1.29 is 19.1 Å². The normalized spacial score (nSPS) is 21.2. The Morgan fingerprint density at radius 2 is 1.97 bits per heavy atom. The molecular weight excluding hydrogens is 394 g/mol. The van der Waals surface area contributed by atoms with Crippen LogP contribution in [-0.2, 0) is 16.0 Å². The highest BCUT2D eigenvalue weighted by molar-refractivity contribution is 5.85. The topological polar surface area (TPSA) is 79.9 Å². The average molecular weight is 426 g/mol. The third-order valence-corrected chi connectivity index (χ3v) is 5.62. The molecule has 8 heteroatoms. The molecule has 2 N–H and O–H groups in total. The van der Waals surface area contributed by atoms with Crippen molar-refractivity contribution in [3.8, 4) is 11.5 Å². The molecule has 7 nitrogen and oxygen atoms in total. The fraction of sp³-hybridized carbons (Fsp3) is 0.619. The number of ether oxygens (including phenoxy) is 2. The van der Waals surface area contributed by atoms with Crippen LogP contribution >= 0.6 is 12.4 Å². The molecule has 2 heterocycles. The van der Waals surface area contributed by atoms with E-state index in [-0.39, 0.29) is 30.3 Å². The summed E-state index contributed by atoms with van der Waals surface area (Å²) in [6.45, 7) is 3.03. The van der Waals surface area contributed by atoms with Crippen LogP contribution in [0, 0.1) is 5.92 Å². The Morgan fingerprint density at radius 3 is 2.66 bits per heavy atom. The van der Waals surface area contributed by atoms with E-state index >= 15 is 0 Å². The third-order valence-electron chi connectivity index (χ3n) is 5.62. The maximum Gasteiger partial charge on any atom is 0.237 e. The maximum absolute atomic E-state index is 12.8. The van der Waals surface area contributed by atoms with Gasteiger partial charge in [-0.2, -0.15) is 0 Å². The van der Waals surface area contributed by atoms with Gasteiger partial charge in [0.05, 0.1) is 26.7 Å². The number of amides is 2. The van der Waals surface area contributed by atoms with E-state index in [1.807, 2.05) is 23.1 Å². The first kappa shape index (κ1) is 23.3. The highest BCUT2D eigenvalue weighted by atomic mass is 35.5. The second-order valence-electron chi connectivity index (χ2n) is 7.61. The number of rotatable bonds is 7. The lowest BCUT2D eigenvalue weighted by atomic mass is 9.97. The van der Waals surface area contributed by atoms with Crippen LogP contribution in [-0.4, -0.2) is 63.2 Å². The van der Waals surface area contributed by atoms with Gasteiger partial charge in [0.1, 0.15) is 0 Å². The molecule has 0 spiro atoms. The van der Waals surface area contributed by atoms with E-state index in [9.17, 15) is 9.59 Å². The lowest BCUT2D eigenvalue weighted by molar-refractivity contribution is -0.132. The Hall–Kier alpha value is -1.99. The van der Waals surface area contributed by atoms with Gasteiger partial charge in [-0.15, -0.1) is 12.4 Å². The van der Waals surface area contributed by atoms with E-state index in [1.54, 1.807) is 14.2 Å². The predicted molar refractivity (Wildman–Crippen MR) is 114 cm³/mol. The Kier molecular flexibility index (Phi) is 9.04. The number of hydrogen-bond donors (Lipinski definition) is 2. The van der Waals surface area contributed by atoms with Crippen LogP contribution in [0.25, 0.3) is 0 Å². The van der Waals surface area contributed by atoms with Crippen molar-refractivity contribution in [2.45, 2.75) is 38.1 Å². The molecule has 2 saturated heterocycles. The molecule has 1 aromatic carbocycles. The predicted octanol–water partition coefficient (Wildman–Crippen LogP) is 1.77. The van der Waals surface area contributed by atoms with E-state index < -0.39 is 0 Å². The zero-order chi connectivity index (χ0) is 19.9. The van der Waals surface area contributed by atoms with Crippen molar-refractivity contribution in [3.63, 3.8) is 0 Å². The first-order chi connectivity index (χ1) is 13.6. The standard InChI is InChI=1S/C21H31N3O4.ClH/c1-27-18-8-7-15(11-19(18)28-2)12-20(25)24-10-4-5-16(14-24)13-23-21(26)17-6-3-9-22-17;/h7-8,11,16-17,22H,3-6,9-10,12-14H2,1-2H3,(H,23,26);1H. The summed E-state index contributed by atoms with van der Waals surface area (Å²) in [5.41, 5.74) is 0.908. The van der Waals surface area contributed by atoms with Crippen LogP contribution < -0.4 is 20.1 Å². The van der Waals surface area contributed by atoms with E-state index in [0.717, 1.165) is 44.3 Å². The minimum Gasteiger partial charge on any atom is -0.493 e. The van der Waals surface area contributed by atoms with Crippen LogP contribution in [0.15, 0.2) is 18.2 Å². The van der Waals surface area contributed by atoms with Crippen molar-refractivity contribution in [1.82, 2.24) is 15.5 Å². The first-order valence-corrected chi connectivity index (χ1v) is 10.1. The van der Waals surface area contributed by atoms with Gasteiger partial charge in [0.25, 0.3) is 0 Å². The molecule has 0 aromatic heterocycles. The lowest BCUT2D eigenvalue weighted by Crippen LogP contribution is -2.47. The number of carbonyl (C=O) groups excluding carboxylic acids is 2. The molecule has 0 saturated carbocycles. The van der Waals surface area contributed by atoms with Gasteiger partial charge in [-0.3, -0.25) is 9.59 Å². The van der Waals surface area contributed by atoms with Crippen LogP contribution in [0.3, 0.4) is 0 Å². The summed E-state index contributed by atoms with van der Waals surface area (Å²) in [7, 11) is 3.19. The summed E-state index contributed by atoms with van der Waals surface area (Å²) in [4.78, 5) is 26.9. The number of piperidine rings is 1. The molecule has 1 aromatic rings. The first-order valence-electron chi connectivity index (χ1n) is 10.1. The number of nitrogens with one attached hydrogen (secondary N) is 2. The van der Waals surface area contributed by atoms with Gasteiger partial charge >= 0.3 is 0 Å². The molecule has 2 atom stereocenters. The zero-order valence-electron chi connectivity index (χ0n) is 17.2. The van der Waals surface area contributed by atoms with Gasteiger partial charge in [0, 0.05) is 19.6 Å². The number of halogens is 1. The lowest BCUT2D eigenvalue weighted by Gasteiger charge is -2.33. The summed E-state index contributed by atoms with van der Waals surface area (Å²) >= 11 is 0. The monoisotopic (exact) mass is 425 g/mol. The molecule has 0 aliphatic carbocycles. The van der Waals surface area contributed by atoms with Crippen LogP contribution in [0.2, 0.25) is 0 Å². The van der Waals surface area contributed by atoms with Crippen LogP contribution in [0.5, 0.6) is 11.5 Å². The van der Waals surface area contributed by atoms with E-state index in [1.165, 1.54) is 0 Å². The molecule has 2 unspecified atom stereocenters. The molecule has 2 aliphatic heterocycles. The Labute approximate surface area is 178 Å². The number of hydrogen-bond acceptors (Lipinski definition) is 5. The summed E-state index contributed by atoms with van der Waals surface area (Å²) in [5.74, 6) is 1.80. The van der Waals surface area contributed by atoms with Crippen molar-refractivity contribution in [2.24, 2.45) is 5.92 Å². The SMILES string of the molecule is COc1ccc(CC(=O)N2CCCC(CNC(=O)C3CCCN3)C2)cc1OC.Cl. The van der Waals surface area contributed by atoms with Crippen molar-refractivity contribution in [1.29, 1.82) is 0 Å². The van der Waals surface area contributed by atoms with Crippen LogP contribution in [0.1, 0.15) is 31.2 Å². The summed E-state index contributed by atoms with van der Waals surface area (Å²) in [6, 6.07) is 5.53. The van der Waals surface area contributed by atoms with Gasteiger partial charge in [0.2, 0.25) is 11.8 Å². The maximum atomic E-state index is 12.8. The molecule has 0 radical (unpaired) electrons. The number of carbonyl (C=O) groups is 2. The van der Waals surface area contributed by atoms with E-state index in [0.29, 0.717) is 36.9 Å². The van der Waals surface area contributed by atoms with Gasteiger partial charge < -0.3 is 25.0 Å². The molecule has 2 aliphatic rings. The van der Waals surface area contributed by atoms with Crippen LogP contribution in [0.4, 0.5) is 0 Å². The number of likely N-dealkylation sites (tertiary alicyclic amines) is 1. The molecule has 0 bridgehead atoms. The second-order valence-corrected chi connectivity index (χ2v) is 7.61. The van der Waals surface area contributed by atoms with E-state index in [4.69, 9.17) is 9.47 Å². The average Bonchev–Trinajstić information content (AvgIpc) is 3.27. The fourth-order valence-electron chi connectivity index (χ4n) is 4.01. The Morgan fingerprint density at radius 1 is 1.17 bits per heavy atom.